The third-order valence-electron chi connectivity index (χ3n) is 9.06. The summed E-state index contributed by atoms with van der Waals surface area (Å²) in [6.07, 6.45) is 7.30. The Hall–Kier alpha value is -3.14. The van der Waals surface area contributed by atoms with E-state index in [4.69, 9.17) is 4.74 Å². The average Bonchev–Trinajstić information content (AvgIpc) is 3.18. The number of nitrogens with one attached hydrogen (secondary N) is 1. The number of aryl methyl sites for hydroxylation is 1. The molecule has 3 aliphatic rings. The minimum Gasteiger partial charge on any atom is -0.444 e. The number of fused-ring (bicyclic) bond motifs is 1. The minimum atomic E-state index is -0.667. The molecular weight excluding hydrogens is 522 g/mol. The smallest absolute Gasteiger partial charge is 0.410 e. The largest absolute Gasteiger partial charge is 0.444 e. The van der Waals surface area contributed by atoms with E-state index in [1.165, 1.54) is 25.7 Å². The van der Waals surface area contributed by atoms with Crippen LogP contribution in [0, 0.1) is 11.8 Å². The zero-order valence-corrected chi connectivity index (χ0v) is 25.0. The zero-order valence-electron chi connectivity index (χ0n) is 25.0. The van der Waals surface area contributed by atoms with Crippen LogP contribution in [0.25, 0.3) is 11.0 Å². The highest BCUT2D eigenvalue weighted by Gasteiger charge is 2.32. The van der Waals surface area contributed by atoms with Gasteiger partial charge in [-0.25, -0.2) is 9.59 Å². The molecule has 10 heteroatoms. The van der Waals surface area contributed by atoms with Crippen LogP contribution < -0.4 is 11.0 Å². The summed E-state index contributed by atoms with van der Waals surface area (Å²) in [7, 11) is 1.76. The maximum atomic E-state index is 13.2. The molecule has 3 amide bonds. The lowest BCUT2D eigenvalue weighted by molar-refractivity contribution is -0.135. The first-order valence-electron chi connectivity index (χ1n) is 15.2. The van der Waals surface area contributed by atoms with Crippen LogP contribution in [0.2, 0.25) is 0 Å². The molecule has 3 fully saturated rings. The minimum absolute atomic E-state index is 0.188. The first-order valence-corrected chi connectivity index (χ1v) is 15.2. The van der Waals surface area contributed by atoms with E-state index >= 15 is 0 Å². The van der Waals surface area contributed by atoms with Crippen molar-refractivity contribution in [3.8, 4) is 0 Å². The lowest BCUT2D eigenvalue weighted by Crippen LogP contribution is -2.44. The van der Waals surface area contributed by atoms with Gasteiger partial charge in [0.25, 0.3) is 0 Å². The maximum absolute atomic E-state index is 13.2. The SMILES string of the molecule is Cn1c(=O)n(C2CCC(=O)NC2=O)c2cccc(CN3CCC(CCC4CCN(C(=O)OC(C)(C)C)CC4)CC3)c21. The molecule has 5 rings (SSSR count). The van der Waals surface area contributed by atoms with Gasteiger partial charge in [-0.05, 0) is 89.4 Å². The second-order valence-corrected chi connectivity index (χ2v) is 13.2. The van der Waals surface area contributed by atoms with Crippen molar-refractivity contribution in [1.29, 1.82) is 0 Å². The summed E-state index contributed by atoms with van der Waals surface area (Å²) in [5, 5.41) is 2.38. The van der Waals surface area contributed by atoms with E-state index in [2.05, 4.69) is 16.3 Å². The van der Waals surface area contributed by atoms with Gasteiger partial charge in [0, 0.05) is 33.1 Å². The Morgan fingerprint density at radius 2 is 1.59 bits per heavy atom. The van der Waals surface area contributed by atoms with Gasteiger partial charge in [-0.2, -0.15) is 0 Å². The van der Waals surface area contributed by atoms with Gasteiger partial charge in [-0.3, -0.25) is 28.9 Å². The normalized spacial score (nSPS) is 21.9. The van der Waals surface area contributed by atoms with Crippen molar-refractivity contribution in [1.82, 2.24) is 24.3 Å². The molecule has 1 atom stereocenters. The summed E-state index contributed by atoms with van der Waals surface area (Å²) < 4.78 is 8.74. The van der Waals surface area contributed by atoms with Crippen LogP contribution in [0.15, 0.2) is 23.0 Å². The number of likely N-dealkylation sites (tertiary alicyclic amines) is 2. The number of hydrogen-bond donors (Lipinski definition) is 1. The van der Waals surface area contributed by atoms with E-state index in [0.29, 0.717) is 12.3 Å². The summed E-state index contributed by atoms with van der Waals surface area (Å²) in [5.41, 5.74) is 2.02. The number of imide groups is 1. The molecule has 1 N–H and O–H groups in total. The van der Waals surface area contributed by atoms with Crippen molar-refractivity contribution in [2.75, 3.05) is 26.2 Å². The van der Waals surface area contributed by atoms with Gasteiger partial charge in [-0.1, -0.05) is 25.0 Å². The number of amides is 3. The summed E-state index contributed by atoms with van der Waals surface area (Å²) in [6, 6.07) is 5.26. The van der Waals surface area contributed by atoms with Crippen molar-refractivity contribution in [3.63, 3.8) is 0 Å². The van der Waals surface area contributed by atoms with Crippen molar-refractivity contribution in [3.05, 3.63) is 34.2 Å². The van der Waals surface area contributed by atoms with Crippen molar-refractivity contribution < 1.29 is 19.1 Å². The molecule has 3 saturated heterocycles. The first kappa shape index (κ1) is 29.4. The number of nitrogens with zero attached hydrogens (tertiary/aromatic N) is 4. The third-order valence-corrected chi connectivity index (χ3v) is 9.06. The van der Waals surface area contributed by atoms with Gasteiger partial charge >= 0.3 is 11.8 Å². The Bertz CT molecular complexity index is 1340. The highest BCUT2D eigenvalue weighted by Crippen LogP contribution is 2.31. The monoisotopic (exact) mass is 567 g/mol. The first-order chi connectivity index (χ1) is 19.5. The van der Waals surface area contributed by atoms with Gasteiger partial charge in [0.05, 0.1) is 11.0 Å². The fraction of sp³-hybridized carbons (Fsp3) is 0.677. The number of hydrogen-bond acceptors (Lipinski definition) is 6. The van der Waals surface area contributed by atoms with E-state index in [-0.39, 0.29) is 24.1 Å². The van der Waals surface area contributed by atoms with Crippen LogP contribution in [-0.2, 0) is 27.9 Å². The number of rotatable bonds is 6. The maximum Gasteiger partial charge on any atom is 0.410 e. The van der Waals surface area contributed by atoms with Crippen LogP contribution >= 0.6 is 0 Å². The predicted octanol–water partition coefficient (Wildman–Crippen LogP) is 3.96. The third kappa shape index (κ3) is 6.68. The Labute approximate surface area is 242 Å². The molecule has 0 spiro atoms. The highest BCUT2D eigenvalue weighted by molar-refractivity contribution is 6.00. The number of aromatic nitrogens is 2. The van der Waals surface area contributed by atoms with E-state index in [1.807, 2.05) is 37.8 Å². The number of imidazole rings is 1. The quantitative estimate of drug-likeness (QED) is 0.530. The number of benzene rings is 1. The number of piperidine rings is 3. The predicted molar refractivity (Wildman–Crippen MR) is 156 cm³/mol. The molecule has 10 nitrogen and oxygen atoms in total. The molecule has 3 aliphatic heterocycles. The molecule has 2 aromatic rings. The number of ether oxygens (including phenoxy) is 1. The van der Waals surface area contributed by atoms with Crippen LogP contribution in [-0.4, -0.2) is 68.6 Å². The second-order valence-electron chi connectivity index (χ2n) is 13.2. The number of carbonyl (C=O) groups excluding carboxylic acids is 3. The molecule has 1 aromatic carbocycles. The lowest BCUT2D eigenvalue weighted by atomic mass is 9.85. The molecule has 1 unspecified atom stereocenters. The fourth-order valence-corrected chi connectivity index (χ4v) is 6.75. The molecule has 0 bridgehead atoms. The van der Waals surface area contributed by atoms with Gasteiger partial charge in [0.15, 0.2) is 0 Å². The van der Waals surface area contributed by atoms with Gasteiger partial charge in [0.2, 0.25) is 11.8 Å². The van der Waals surface area contributed by atoms with Crippen molar-refractivity contribution >= 4 is 28.9 Å². The molecular formula is C31H45N5O5. The van der Waals surface area contributed by atoms with Gasteiger partial charge < -0.3 is 9.64 Å². The molecule has 1 aromatic heterocycles. The Balaban J connectivity index is 1.13. The van der Waals surface area contributed by atoms with Crippen molar-refractivity contribution in [2.45, 2.75) is 90.3 Å². The van der Waals surface area contributed by atoms with Gasteiger partial charge in [-0.15, -0.1) is 0 Å². The lowest BCUT2D eigenvalue weighted by Gasteiger charge is -2.35. The Morgan fingerprint density at radius 3 is 2.20 bits per heavy atom. The molecule has 0 aliphatic carbocycles. The topological polar surface area (TPSA) is 106 Å². The molecule has 41 heavy (non-hydrogen) atoms. The van der Waals surface area contributed by atoms with E-state index in [9.17, 15) is 19.2 Å². The Kier molecular flexibility index (Phi) is 8.59. The van der Waals surface area contributed by atoms with Crippen LogP contribution in [0.4, 0.5) is 4.79 Å². The number of carbonyl (C=O) groups is 3. The van der Waals surface area contributed by atoms with E-state index < -0.39 is 17.6 Å². The molecule has 4 heterocycles. The molecule has 0 radical (unpaired) electrons. The van der Waals surface area contributed by atoms with Crippen LogP contribution in [0.3, 0.4) is 0 Å². The molecule has 0 saturated carbocycles. The van der Waals surface area contributed by atoms with E-state index in [1.54, 1.807) is 16.2 Å². The summed E-state index contributed by atoms with van der Waals surface area (Å²) in [6.45, 7) is 10.1. The van der Waals surface area contributed by atoms with Gasteiger partial charge in [0.1, 0.15) is 11.6 Å². The standard InChI is InChI=1S/C31H45N5O5/c1-31(2,3)41-30(40)35-18-14-22(15-19-35)9-8-21-12-16-34(17-13-21)20-23-6-5-7-24-27(23)33(4)29(39)36(24)25-10-11-26(37)32-28(25)38/h5-7,21-22,25H,8-20H2,1-4H3,(H,32,37,38). The fourth-order valence-electron chi connectivity index (χ4n) is 6.75. The zero-order chi connectivity index (χ0) is 29.3. The van der Waals surface area contributed by atoms with Crippen LogP contribution in [0.1, 0.15) is 83.7 Å². The summed E-state index contributed by atoms with van der Waals surface area (Å²) in [4.78, 5) is 54.1. The second kappa shape index (κ2) is 12.0. The Morgan fingerprint density at radius 1 is 0.951 bits per heavy atom. The molecule has 224 valence electrons. The summed E-state index contributed by atoms with van der Waals surface area (Å²) in [5.74, 6) is 0.715. The highest BCUT2D eigenvalue weighted by atomic mass is 16.6. The van der Waals surface area contributed by atoms with Crippen LogP contribution in [0.5, 0.6) is 0 Å². The van der Waals surface area contributed by atoms with E-state index in [0.717, 1.165) is 68.1 Å². The number of para-hydroxylation sites is 1. The average molecular weight is 568 g/mol. The summed E-state index contributed by atoms with van der Waals surface area (Å²) >= 11 is 0. The van der Waals surface area contributed by atoms with Crippen molar-refractivity contribution in [2.24, 2.45) is 18.9 Å².